The molecule has 0 radical (unpaired) electrons. The molecule has 1 heterocycles. The third-order valence-corrected chi connectivity index (χ3v) is 4.09. The third kappa shape index (κ3) is 5.44. The Morgan fingerprint density at radius 3 is 2.41 bits per heavy atom. The summed E-state index contributed by atoms with van der Waals surface area (Å²) < 4.78 is 5.39. The molecule has 0 saturated carbocycles. The first-order chi connectivity index (χ1) is 13.0. The molecule has 0 aliphatic rings. The normalized spacial score (nSPS) is 10.3. The van der Waals surface area contributed by atoms with E-state index in [9.17, 15) is 9.59 Å². The highest BCUT2D eigenvalue weighted by Gasteiger charge is 2.16. The van der Waals surface area contributed by atoms with Gasteiger partial charge >= 0.3 is 0 Å². The molecule has 0 aliphatic carbocycles. The average molecular weight is 370 g/mol. The number of benzene rings is 1. The molecule has 7 heteroatoms. The summed E-state index contributed by atoms with van der Waals surface area (Å²) in [5.74, 6) is 0.554. The maximum absolute atomic E-state index is 12.5. The van der Waals surface area contributed by atoms with Gasteiger partial charge in [-0.25, -0.2) is 4.98 Å². The molecule has 7 nitrogen and oxygen atoms in total. The Morgan fingerprint density at radius 1 is 1.15 bits per heavy atom. The predicted octanol–water partition coefficient (Wildman–Crippen LogP) is 2.73. The zero-order valence-electron chi connectivity index (χ0n) is 16.0. The van der Waals surface area contributed by atoms with Crippen LogP contribution in [-0.2, 0) is 11.2 Å². The molecule has 0 fully saturated rings. The van der Waals surface area contributed by atoms with Crippen molar-refractivity contribution in [3.63, 3.8) is 0 Å². The minimum absolute atomic E-state index is 0.144. The molecule has 0 saturated heterocycles. The number of nitrogens with two attached hydrogens (primary N) is 1. The van der Waals surface area contributed by atoms with Crippen molar-refractivity contribution < 1.29 is 14.3 Å². The molecule has 0 aliphatic heterocycles. The zero-order valence-corrected chi connectivity index (χ0v) is 16.0. The summed E-state index contributed by atoms with van der Waals surface area (Å²) >= 11 is 0. The topological polar surface area (TPSA) is 97.5 Å². The molecule has 2 aromatic rings. The number of carbonyl (C=O) groups is 2. The second kappa shape index (κ2) is 9.56. The van der Waals surface area contributed by atoms with Gasteiger partial charge in [-0.15, -0.1) is 0 Å². The average Bonchev–Trinajstić information content (AvgIpc) is 2.66. The SMILES string of the molecule is CCOc1ccc(CC(=O)Nc2cc(C(=O)N(CC)CC)cnc2N)cc1. The largest absolute Gasteiger partial charge is 0.494 e. The maximum atomic E-state index is 12.5. The van der Waals surface area contributed by atoms with Gasteiger partial charge in [-0.2, -0.15) is 0 Å². The molecule has 1 aromatic carbocycles. The lowest BCUT2D eigenvalue weighted by atomic mass is 10.1. The highest BCUT2D eigenvalue weighted by atomic mass is 16.5. The Hall–Kier alpha value is -3.09. The Morgan fingerprint density at radius 2 is 1.81 bits per heavy atom. The highest BCUT2D eigenvalue weighted by Crippen LogP contribution is 2.19. The smallest absolute Gasteiger partial charge is 0.255 e. The van der Waals surface area contributed by atoms with E-state index in [1.807, 2.05) is 45.0 Å². The summed E-state index contributed by atoms with van der Waals surface area (Å²) in [4.78, 5) is 30.5. The van der Waals surface area contributed by atoms with Crippen molar-refractivity contribution in [1.29, 1.82) is 0 Å². The van der Waals surface area contributed by atoms with Crippen molar-refractivity contribution in [2.45, 2.75) is 27.2 Å². The Balaban J connectivity index is 2.08. The van der Waals surface area contributed by atoms with Crippen molar-refractivity contribution in [3.8, 4) is 5.75 Å². The Kier molecular flexibility index (Phi) is 7.16. The monoisotopic (exact) mass is 370 g/mol. The minimum Gasteiger partial charge on any atom is -0.494 e. The Bertz CT molecular complexity index is 786. The molecule has 0 spiro atoms. The molecule has 1 aromatic heterocycles. The Labute approximate surface area is 159 Å². The van der Waals surface area contributed by atoms with Gasteiger partial charge < -0.3 is 20.7 Å². The predicted molar refractivity (Wildman–Crippen MR) is 106 cm³/mol. The first-order valence-electron chi connectivity index (χ1n) is 9.04. The van der Waals surface area contributed by atoms with Crippen LogP contribution in [0.15, 0.2) is 36.5 Å². The molecule has 144 valence electrons. The number of nitrogen functional groups attached to an aromatic ring is 1. The summed E-state index contributed by atoms with van der Waals surface area (Å²) in [6.07, 6.45) is 1.61. The van der Waals surface area contributed by atoms with Crippen LogP contribution in [0.3, 0.4) is 0 Å². The van der Waals surface area contributed by atoms with E-state index in [2.05, 4.69) is 10.3 Å². The third-order valence-electron chi connectivity index (χ3n) is 4.09. The minimum atomic E-state index is -0.236. The van der Waals surface area contributed by atoms with E-state index in [-0.39, 0.29) is 24.1 Å². The number of hydrogen-bond acceptors (Lipinski definition) is 5. The highest BCUT2D eigenvalue weighted by molar-refractivity contribution is 5.99. The summed E-state index contributed by atoms with van der Waals surface area (Å²) in [5, 5.41) is 2.74. The summed E-state index contributed by atoms with van der Waals surface area (Å²) in [7, 11) is 0. The van der Waals surface area contributed by atoms with Gasteiger partial charge in [-0.1, -0.05) is 12.1 Å². The fourth-order valence-electron chi connectivity index (χ4n) is 2.64. The lowest BCUT2D eigenvalue weighted by Gasteiger charge is -2.19. The van der Waals surface area contributed by atoms with Crippen LogP contribution < -0.4 is 15.8 Å². The second-order valence-electron chi connectivity index (χ2n) is 5.94. The van der Waals surface area contributed by atoms with Gasteiger partial charge in [0.15, 0.2) is 0 Å². The number of anilines is 2. The fourth-order valence-corrected chi connectivity index (χ4v) is 2.64. The quantitative estimate of drug-likeness (QED) is 0.745. The molecule has 27 heavy (non-hydrogen) atoms. The van der Waals surface area contributed by atoms with Gasteiger partial charge in [-0.05, 0) is 44.5 Å². The summed E-state index contributed by atoms with van der Waals surface area (Å²) in [5.41, 5.74) is 7.43. The van der Waals surface area contributed by atoms with Crippen molar-refractivity contribution in [2.75, 3.05) is 30.7 Å². The summed E-state index contributed by atoms with van der Waals surface area (Å²) in [6, 6.07) is 8.90. The molecular formula is C20H26N4O3. The van der Waals surface area contributed by atoms with Gasteiger partial charge in [-0.3, -0.25) is 9.59 Å². The number of ether oxygens (including phenoxy) is 1. The maximum Gasteiger partial charge on any atom is 0.255 e. The van der Waals surface area contributed by atoms with Crippen molar-refractivity contribution >= 4 is 23.3 Å². The van der Waals surface area contributed by atoms with Crippen LogP contribution in [0, 0.1) is 0 Å². The number of pyridine rings is 1. The van der Waals surface area contributed by atoms with Gasteiger partial charge in [0.1, 0.15) is 11.6 Å². The number of rotatable bonds is 8. The number of carbonyl (C=O) groups excluding carboxylic acids is 2. The van der Waals surface area contributed by atoms with Crippen LogP contribution in [-0.4, -0.2) is 41.4 Å². The van der Waals surface area contributed by atoms with E-state index in [4.69, 9.17) is 10.5 Å². The van der Waals surface area contributed by atoms with Crippen LogP contribution in [0.2, 0.25) is 0 Å². The molecule has 2 rings (SSSR count). The number of aromatic nitrogens is 1. The standard InChI is InChI=1S/C20H26N4O3/c1-4-24(5-2)20(26)15-12-17(19(21)22-13-15)23-18(25)11-14-7-9-16(10-8-14)27-6-3/h7-10,12-13H,4-6,11H2,1-3H3,(H2,21,22)(H,23,25). The van der Waals surface area contributed by atoms with E-state index in [1.54, 1.807) is 11.0 Å². The van der Waals surface area contributed by atoms with Crippen molar-refractivity contribution in [2.24, 2.45) is 0 Å². The molecular weight excluding hydrogens is 344 g/mol. The molecule has 0 bridgehead atoms. The first-order valence-corrected chi connectivity index (χ1v) is 9.04. The number of nitrogens with zero attached hydrogens (tertiary/aromatic N) is 2. The van der Waals surface area contributed by atoms with Crippen molar-refractivity contribution in [3.05, 3.63) is 47.7 Å². The van der Waals surface area contributed by atoms with Gasteiger partial charge in [0.2, 0.25) is 5.91 Å². The number of hydrogen-bond donors (Lipinski definition) is 2. The first kappa shape index (κ1) is 20.2. The van der Waals surface area contributed by atoms with E-state index >= 15 is 0 Å². The van der Waals surface area contributed by atoms with Crippen LogP contribution in [0.5, 0.6) is 5.75 Å². The van der Waals surface area contributed by atoms with E-state index in [0.29, 0.717) is 30.9 Å². The molecule has 2 amide bonds. The van der Waals surface area contributed by atoms with Crippen LogP contribution in [0.25, 0.3) is 0 Å². The molecule has 0 atom stereocenters. The van der Waals surface area contributed by atoms with Crippen LogP contribution in [0.4, 0.5) is 11.5 Å². The van der Waals surface area contributed by atoms with Crippen molar-refractivity contribution in [1.82, 2.24) is 9.88 Å². The second-order valence-corrected chi connectivity index (χ2v) is 5.94. The van der Waals surface area contributed by atoms with Gasteiger partial charge in [0, 0.05) is 19.3 Å². The lowest BCUT2D eigenvalue weighted by Crippen LogP contribution is -2.30. The molecule has 3 N–H and O–H groups in total. The lowest BCUT2D eigenvalue weighted by molar-refractivity contribution is -0.115. The van der Waals surface area contributed by atoms with Gasteiger partial charge in [0.05, 0.1) is 24.3 Å². The van der Waals surface area contributed by atoms with E-state index in [0.717, 1.165) is 11.3 Å². The van der Waals surface area contributed by atoms with Crippen LogP contribution >= 0.6 is 0 Å². The van der Waals surface area contributed by atoms with E-state index < -0.39 is 0 Å². The number of nitrogens with one attached hydrogen (secondary N) is 1. The molecule has 0 unspecified atom stereocenters. The fraction of sp³-hybridized carbons (Fsp3) is 0.350. The van der Waals surface area contributed by atoms with Crippen LogP contribution in [0.1, 0.15) is 36.7 Å². The number of amides is 2. The van der Waals surface area contributed by atoms with E-state index in [1.165, 1.54) is 6.20 Å². The van der Waals surface area contributed by atoms with Gasteiger partial charge in [0.25, 0.3) is 5.91 Å². The zero-order chi connectivity index (χ0) is 19.8. The summed E-state index contributed by atoms with van der Waals surface area (Å²) in [6.45, 7) is 7.52.